The van der Waals surface area contributed by atoms with Crippen molar-refractivity contribution in [3.05, 3.63) is 0 Å². The third-order valence-corrected chi connectivity index (χ3v) is 8.17. The molecule has 23 heavy (non-hydrogen) atoms. The van der Waals surface area contributed by atoms with Crippen molar-refractivity contribution in [1.29, 1.82) is 0 Å². The molecular formula is C16H28N2O4S. The molecule has 3 atom stereocenters. The number of carbonyl (C=O) groups is 1. The summed E-state index contributed by atoms with van der Waals surface area (Å²) < 4.78 is 29.3. The standard InChI is InChI=1S/C16H28N2O4S/c1-15(2)12(11-5-4-10-22-13(11)15)18-14(19)16(23(3,20)21)6-8-17-9-7-16/h11-13,17H,4-10H2,1-3H3,(H,18,19). The molecule has 0 radical (unpaired) electrons. The number of piperidine rings is 1. The summed E-state index contributed by atoms with van der Waals surface area (Å²) in [6.45, 7) is 6.09. The molecule has 0 aromatic heterocycles. The summed E-state index contributed by atoms with van der Waals surface area (Å²) in [6.07, 6.45) is 4.09. The molecule has 2 aliphatic heterocycles. The van der Waals surface area contributed by atoms with E-state index in [1.54, 1.807) is 0 Å². The summed E-state index contributed by atoms with van der Waals surface area (Å²) in [5.41, 5.74) is -0.146. The summed E-state index contributed by atoms with van der Waals surface area (Å²) in [7, 11) is -3.47. The highest BCUT2D eigenvalue weighted by atomic mass is 32.2. The van der Waals surface area contributed by atoms with Gasteiger partial charge in [-0.15, -0.1) is 0 Å². The summed E-state index contributed by atoms with van der Waals surface area (Å²) in [6, 6.07) is -0.00573. The Hall–Kier alpha value is -0.660. The van der Waals surface area contributed by atoms with E-state index in [-0.39, 0.29) is 23.5 Å². The monoisotopic (exact) mass is 344 g/mol. The molecule has 3 fully saturated rings. The van der Waals surface area contributed by atoms with Crippen LogP contribution < -0.4 is 10.6 Å². The van der Waals surface area contributed by atoms with E-state index in [2.05, 4.69) is 24.5 Å². The Morgan fingerprint density at radius 2 is 1.91 bits per heavy atom. The number of amides is 1. The van der Waals surface area contributed by atoms with Crippen LogP contribution in [-0.2, 0) is 19.4 Å². The minimum atomic E-state index is -3.47. The van der Waals surface area contributed by atoms with Crippen LogP contribution in [0.2, 0.25) is 0 Å². The number of hydrogen-bond acceptors (Lipinski definition) is 5. The molecule has 0 bridgehead atoms. The van der Waals surface area contributed by atoms with Crippen molar-refractivity contribution >= 4 is 15.7 Å². The second kappa shape index (κ2) is 5.70. The average Bonchev–Trinajstić information content (AvgIpc) is 2.52. The molecule has 3 unspecified atom stereocenters. The highest BCUT2D eigenvalue weighted by molar-refractivity contribution is 7.92. The van der Waals surface area contributed by atoms with Gasteiger partial charge >= 0.3 is 0 Å². The molecule has 2 N–H and O–H groups in total. The molecule has 0 aromatic rings. The smallest absolute Gasteiger partial charge is 0.241 e. The van der Waals surface area contributed by atoms with Crippen LogP contribution in [0.5, 0.6) is 0 Å². The maximum absolute atomic E-state index is 13.0. The zero-order valence-corrected chi connectivity index (χ0v) is 15.0. The SMILES string of the molecule is CC1(C)C(NC(=O)C2(S(C)(=O)=O)CCNCC2)C2CCCOC21. The first kappa shape index (κ1) is 17.2. The molecule has 1 aliphatic carbocycles. The van der Waals surface area contributed by atoms with Crippen molar-refractivity contribution in [2.24, 2.45) is 11.3 Å². The van der Waals surface area contributed by atoms with E-state index in [1.807, 2.05) is 0 Å². The van der Waals surface area contributed by atoms with E-state index in [0.717, 1.165) is 19.4 Å². The second-order valence-corrected chi connectivity index (χ2v) is 10.2. The van der Waals surface area contributed by atoms with Crippen LogP contribution in [0.4, 0.5) is 0 Å². The maximum atomic E-state index is 13.0. The van der Waals surface area contributed by atoms with Gasteiger partial charge in [0.05, 0.1) is 6.10 Å². The topological polar surface area (TPSA) is 84.5 Å². The average molecular weight is 344 g/mol. The van der Waals surface area contributed by atoms with Crippen LogP contribution in [-0.4, -0.2) is 57.2 Å². The summed E-state index contributed by atoms with van der Waals surface area (Å²) >= 11 is 0. The summed E-state index contributed by atoms with van der Waals surface area (Å²) in [4.78, 5) is 13.0. The third kappa shape index (κ3) is 2.61. The minimum absolute atomic E-state index is 0.00573. The summed E-state index contributed by atoms with van der Waals surface area (Å²) in [5, 5.41) is 6.24. The molecule has 3 rings (SSSR count). The molecular weight excluding hydrogens is 316 g/mol. The van der Waals surface area contributed by atoms with Crippen LogP contribution in [0.3, 0.4) is 0 Å². The fourth-order valence-electron chi connectivity index (χ4n) is 4.69. The van der Waals surface area contributed by atoms with Crippen LogP contribution >= 0.6 is 0 Å². The number of carbonyl (C=O) groups excluding carboxylic acids is 1. The predicted octanol–water partition coefficient (Wildman–Crippen LogP) is 0.473. The van der Waals surface area contributed by atoms with Crippen molar-refractivity contribution in [2.75, 3.05) is 26.0 Å². The lowest BCUT2D eigenvalue weighted by atomic mass is 9.55. The molecule has 6 nitrogen and oxygen atoms in total. The lowest BCUT2D eigenvalue weighted by molar-refractivity contribution is -0.194. The van der Waals surface area contributed by atoms with Gasteiger partial charge in [0, 0.05) is 30.2 Å². The molecule has 7 heteroatoms. The lowest BCUT2D eigenvalue weighted by Crippen LogP contribution is -2.72. The summed E-state index contributed by atoms with van der Waals surface area (Å²) in [5.74, 6) is -0.00961. The van der Waals surface area contributed by atoms with Crippen LogP contribution in [0, 0.1) is 11.3 Å². The van der Waals surface area contributed by atoms with Crippen LogP contribution in [0.15, 0.2) is 0 Å². The Bertz CT molecular complexity index is 581. The second-order valence-electron chi connectivity index (χ2n) is 7.89. The normalized spacial score (nSPS) is 35.7. The Balaban J connectivity index is 1.80. The lowest BCUT2D eigenvalue weighted by Gasteiger charge is -2.60. The van der Waals surface area contributed by atoms with Crippen molar-refractivity contribution in [3.8, 4) is 0 Å². The van der Waals surface area contributed by atoms with Gasteiger partial charge in [0.25, 0.3) is 0 Å². The quantitative estimate of drug-likeness (QED) is 0.778. The first-order chi connectivity index (χ1) is 10.7. The number of rotatable bonds is 3. The van der Waals surface area contributed by atoms with Gasteiger partial charge in [0.1, 0.15) is 0 Å². The van der Waals surface area contributed by atoms with Gasteiger partial charge < -0.3 is 15.4 Å². The third-order valence-electron chi connectivity index (χ3n) is 6.15. The first-order valence-electron chi connectivity index (χ1n) is 8.53. The maximum Gasteiger partial charge on any atom is 0.241 e. The molecule has 1 saturated carbocycles. The predicted molar refractivity (Wildman–Crippen MR) is 87.9 cm³/mol. The molecule has 2 saturated heterocycles. The molecule has 0 spiro atoms. The number of fused-ring (bicyclic) bond motifs is 1. The zero-order chi connectivity index (χ0) is 16.9. The van der Waals surface area contributed by atoms with E-state index in [9.17, 15) is 13.2 Å². The number of sulfone groups is 1. The van der Waals surface area contributed by atoms with E-state index in [1.165, 1.54) is 6.26 Å². The van der Waals surface area contributed by atoms with Crippen LogP contribution in [0.25, 0.3) is 0 Å². The number of nitrogens with one attached hydrogen (secondary N) is 2. The van der Waals surface area contributed by atoms with Gasteiger partial charge in [0.2, 0.25) is 5.91 Å². The number of hydrogen-bond donors (Lipinski definition) is 2. The first-order valence-corrected chi connectivity index (χ1v) is 10.4. The van der Waals surface area contributed by atoms with E-state index in [4.69, 9.17) is 4.74 Å². The van der Waals surface area contributed by atoms with Crippen LogP contribution in [0.1, 0.15) is 39.5 Å². The Morgan fingerprint density at radius 3 is 2.52 bits per heavy atom. The fraction of sp³-hybridized carbons (Fsp3) is 0.938. The van der Waals surface area contributed by atoms with Crippen molar-refractivity contribution in [3.63, 3.8) is 0 Å². The van der Waals surface area contributed by atoms with Gasteiger partial charge in [-0.1, -0.05) is 13.8 Å². The van der Waals surface area contributed by atoms with Gasteiger partial charge in [-0.2, -0.15) is 0 Å². The zero-order valence-electron chi connectivity index (χ0n) is 14.2. The van der Waals surface area contributed by atoms with Gasteiger partial charge in [-0.3, -0.25) is 4.79 Å². The highest BCUT2D eigenvalue weighted by Gasteiger charge is 2.60. The molecule has 132 valence electrons. The van der Waals surface area contributed by atoms with E-state index < -0.39 is 14.6 Å². The highest BCUT2D eigenvalue weighted by Crippen LogP contribution is 2.51. The van der Waals surface area contributed by atoms with Gasteiger partial charge in [-0.25, -0.2) is 8.42 Å². The Morgan fingerprint density at radius 1 is 1.26 bits per heavy atom. The Kier molecular flexibility index (Phi) is 4.26. The molecule has 1 amide bonds. The van der Waals surface area contributed by atoms with E-state index in [0.29, 0.717) is 31.8 Å². The minimum Gasteiger partial charge on any atom is -0.377 e. The molecule has 3 aliphatic rings. The van der Waals surface area contributed by atoms with Gasteiger partial charge in [-0.05, 0) is 38.8 Å². The van der Waals surface area contributed by atoms with Gasteiger partial charge in [0.15, 0.2) is 14.6 Å². The molecule has 0 aromatic carbocycles. The fourth-order valence-corrected chi connectivity index (χ4v) is 6.03. The number of ether oxygens (including phenoxy) is 1. The largest absolute Gasteiger partial charge is 0.377 e. The molecule has 2 heterocycles. The van der Waals surface area contributed by atoms with E-state index >= 15 is 0 Å². The van der Waals surface area contributed by atoms with Crippen molar-refractivity contribution in [1.82, 2.24) is 10.6 Å². The van der Waals surface area contributed by atoms with Crippen molar-refractivity contribution in [2.45, 2.75) is 56.4 Å². The Labute approximate surface area is 138 Å². The van der Waals surface area contributed by atoms with Crippen molar-refractivity contribution < 1.29 is 17.9 Å².